The van der Waals surface area contributed by atoms with Gasteiger partial charge >= 0.3 is 11.7 Å². The predicted octanol–water partition coefficient (Wildman–Crippen LogP) is 1.06. The summed E-state index contributed by atoms with van der Waals surface area (Å²) in [5.74, 6) is -1.03. The van der Waals surface area contributed by atoms with E-state index in [1.165, 1.54) is 23.8 Å². The summed E-state index contributed by atoms with van der Waals surface area (Å²) in [4.78, 5) is 51.4. The van der Waals surface area contributed by atoms with E-state index in [9.17, 15) is 24.3 Å². The van der Waals surface area contributed by atoms with Gasteiger partial charge in [0, 0.05) is 24.6 Å². The number of hydrogen-bond donors (Lipinski definition) is 2. The number of hydrogen-bond acceptors (Lipinski definition) is 8. The van der Waals surface area contributed by atoms with Crippen LogP contribution in [0.5, 0.6) is 0 Å². The molecule has 1 fully saturated rings. The van der Waals surface area contributed by atoms with Gasteiger partial charge in [-0.1, -0.05) is 18.2 Å². The molecule has 0 spiro atoms. The van der Waals surface area contributed by atoms with Crippen LogP contribution in [0.1, 0.15) is 42.8 Å². The number of rotatable bonds is 8. The van der Waals surface area contributed by atoms with Crippen molar-refractivity contribution >= 4 is 23.5 Å². The van der Waals surface area contributed by atoms with Gasteiger partial charge in [0.05, 0.1) is 13.0 Å². The van der Waals surface area contributed by atoms with E-state index in [0.29, 0.717) is 5.56 Å². The predicted molar refractivity (Wildman–Crippen MR) is 108 cm³/mol. The fraction of sp³-hybridized carbons (Fsp3) is 0.381. The van der Waals surface area contributed by atoms with Crippen LogP contribution < -0.4 is 11.0 Å². The first-order chi connectivity index (χ1) is 14.9. The van der Waals surface area contributed by atoms with Gasteiger partial charge in [0.25, 0.3) is 5.91 Å². The summed E-state index contributed by atoms with van der Waals surface area (Å²) in [6, 6.07) is 9.94. The molecular weight excluding hydrogens is 406 g/mol. The smallest absolute Gasteiger partial charge is 0.351 e. The molecule has 10 heteroatoms. The first-order valence-corrected chi connectivity index (χ1v) is 9.78. The highest BCUT2D eigenvalue weighted by atomic mass is 16.6. The standard InChI is InChI=1S/C21H23N3O7/c1-13(26)7-8-19(27)31-15-11-18(30-16(15)12-25)24-10-9-17(23-21(24)29)22-20(28)14-5-3-2-4-6-14/h2-6,9-10,15-16,18,25H,7-8,11-12H2,1H3,(H,22,23,28,29)/t15-,16-,18+/m0/s1. The molecule has 2 aromatic rings. The lowest BCUT2D eigenvalue weighted by Gasteiger charge is -2.16. The number of carbonyl (C=O) groups excluding carboxylic acids is 3. The highest BCUT2D eigenvalue weighted by Gasteiger charge is 2.39. The van der Waals surface area contributed by atoms with Crippen molar-refractivity contribution in [3.05, 3.63) is 58.6 Å². The Hall–Kier alpha value is -3.37. The van der Waals surface area contributed by atoms with E-state index in [-0.39, 0.29) is 30.9 Å². The molecular formula is C21H23N3O7. The number of carbonyl (C=O) groups is 3. The summed E-state index contributed by atoms with van der Waals surface area (Å²) in [5, 5.41) is 12.1. The van der Waals surface area contributed by atoms with Crippen LogP contribution in [-0.4, -0.2) is 51.1 Å². The number of aliphatic hydroxyl groups excluding tert-OH is 1. The first-order valence-electron chi connectivity index (χ1n) is 9.78. The number of aromatic nitrogens is 2. The van der Waals surface area contributed by atoms with Crippen LogP contribution >= 0.6 is 0 Å². The number of anilines is 1. The lowest BCUT2D eigenvalue weighted by atomic mass is 10.2. The second kappa shape index (κ2) is 10.1. The van der Waals surface area contributed by atoms with Crippen molar-refractivity contribution < 1.29 is 29.0 Å². The Morgan fingerprint density at radius 2 is 1.97 bits per heavy atom. The summed E-state index contributed by atoms with van der Waals surface area (Å²) < 4.78 is 12.2. The number of ether oxygens (including phenoxy) is 2. The third-order valence-corrected chi connectivity index (χ3v) is 4.74. The van der Waals surface area contributed by atoms with Crippen LogP contribution in [0.4, 0.5) is 5.82 Å². The second-order valence-corrected chi connectivity index (χ2v) is 7.10. The maximum absolute atomic E-state index is 12.5. The maximum Gasteiger partial charge on any atom is 0.351 e. The average Bonchev–Trinajstić information content (AvgIpc) is 3.15. The number of nitrogens with zero attached hydrogens (tertiary/aromatic N) is 2. The molecule has 1 aliphatic heterocycles. The van der Waals surface area contributed by atoms with E-state index in [4.69, 9.17) is 9.47 Å². The van der Waals surface area contributed by atoms with Crippen molar-refractivity contribution in [2.45, 2.75) is 44.6 Å². The number of benzene rings is 1. The summed E-state index contributed by atoms with van der Waals surface area (Å²) in [5.41, 5.74) is -0.246. The SMILES string of the molecule is CC(=O)CCC(=O)O[C@H]1C[C@H](n2ccc(NC(=O)c3ccccc3)nc2=O)O[C@H]1CO. The summed E-state index contributed by atoms with van der Waals surface area (Å²) in [7, 11) is 0. The fourth-order valence-corrected chi connectivity index (χ4v) is 3.14. The molecule has 1 aromatic heterocycles. The molecule has 0 saturated carbocycles. The molecule has 0 unspecified atom stereocenters. The van der Waals surface area contributed by atoms with Crippen molar-refractivity contribution in [1.82, 2.24) is 9.55 Å². The molecule has 2 heterocycles. The van der Waals surface area contributed by atoms with Gasteiger partial charge in [0.2, 0.25) is 0 Å². The van der Waals surface area contributed by atoms with E-state index >= 15 is 0 Å². The van der Waals surface area contributed by atoms with E-state index < -0.39 is 42.6 Å². The molecule has 0 aliphatic carbocycles. The lowest BCUT2D eigenvalue weighted by Crippen LogP contribution is -2.30. The highest BCUT2D eigenvalue weighted by Crippen LogP contribution is 2.30. The Kier molecular flexibility index (Phi) is 7.27. The molecule has 0 radical (unpaired) electrons. The number of amides is 1. The lowest BCUT2D eigenvalue weighted by molar-refractivity contribution is -0.153. The minimum atomic E-state index is -0.810. The Morgan fingerprint density at radius 3 is 2.61 bits per heavy atom. The van der Waals surface area contributed by atoms with Crippen LogP contribution in [0.15, 0.2) is 47.4 Å². The van der Waals surface area contributed by atoms with Crippen molar-refractivity contribution in [2.24, 2.45) is 0 Å². The van der Waals surface area contributed by atoms with Crippen LogP contribution in [0, 0.1) is 0 Å². The van der Waals surface area contributed by atoms with Gasteiger partial charge in [-0.25, -0.2) is 4.79 Å². The number of ketones is 1. The van der Waals surface area contributed by atoms with E-state index in [0.717, 1.165) is 0 Å². The fourth-order valence-electron chi connectivity index (χ4n) is 3.14. The van der Waals surface area contributed by atoms with Gasteiger partial charge in [0.15, 0.2) is 0 Å². The monoisotopic (exact) mass is 429 g/mol. The molecule has 1 amide bonds. The van der Waals surface area contributed by atoms with Crippen LogP contribution in [0.25, 0.3) is 0 Å². The Labute approximate surface area is 177 Å². The normalized spacial score (nSPS) is 20.3. The molecule has 3 rings (SSSR count). The zero-order valence-corrected chi connectivity index (χ0v) is 16.9. The van der Waals surface area contributed by atoms with Crippen molar-refractivity contribution in [3.8, 4) is 0 Å². The number of esters is 1. The topological polar surface area (TPSA) is 137 Å². The quantitative estimate of drug-likeness (QED) is 0.594. The van der Waals surface area contributed by atoms with E-state index in [2.05, 4.69) is 10.3 Å². The Balaban J connectivity index is 1.65. The maximum atomic E-state index is 12.5. The van der Waals surface area contributed by atoms with Crippen molar-refractivity contribution in [2.75, 3.05) is 11.9 Å². The number of aliphatic hydroxyl groups is 1. The molecule has 3 atom stereocenters. The summed E-state index contributed by atoms with van der Waals surface area (Å²) >= 11 is 0. The van der Waals surface area contributed by atoms with Gasteiger partial charge in [-0.3, -0.25) is 14.2 Å². The third-order valence-electron chi connectivity index (χ3n) is 4.74. The van der Waals surface area contributed by atoms with Crippen molar-refractivity contribution in [1.29, 1.82) is 0 Å². The van der Waals surface area contributed by atoms with Crippen LogP contribution in [0.2, 0.25) is 0 Å². The van der Waals surface area contributed by atoms with Gasteiger partial charge in [-0.15, -0.1) is 0 Å². The largest absolute Gasteiger partial charge is 0.459 e. The molecule has 2 N–H and O–H groups in total. The zero-order chi connectivity index (χ0) is 22.4. The minimum absolute atomic E-state index is 0.0635. The molecule has 31 heavy (non-hydrogen) atoms. The van der Waals surface area contributed by atoms with E-state index in [1.54, 1.807) is 30.3 Å². The number of nitrogens with one attached hydrogen (secondary N) is 1. The van der Waals surface area contributed by atoms with Crippen LogP contribution in [0.3, 0.4) is 0 Å². The molecule has 1 aromatic carbocycles. The summed E-state index contributed by atoms with van der Waals surface area (Å²) in [6.45, 7) is 0.971. The summed E-state index contributed by atoms with van der Waals surface area (Å²) in [6.07, 6.45) is -0.829. The van der Waals surface area contributed by atoms with E-state index in [1.807, 2.05) is 0 Å². The van der Waals surface area contributed by atoms with Gasteiger partial charge in [-0.2, -0.15) is 4.98 Å². The molecule has 10 nitrogen and oxygen atoms in total. The number of Topliss-reactive ketones (excluding diaryl/α,β-unsaturated/α-hetero) is 1. The first kappa shape index (κ1) is 22.3. The minimum Gasteiger partial charge on any atom is -0.459 e. The van der Waals surface area contributed by atoms with Crippen LogP contribution in [-0.2, 0) is 19.1 Å². The zero-order valence-electron chi connectivity index (χ0n) is 16.9. The second-order valence-electron chi connectivity index (χ2n) is 7.10. The van der Waals surface area contributed by atoms with Gasteiger partial charge in [-0.05, 0) is 25.1 Å². The molecule has 164 valence electrons. The van der Waals surface area contributed by atoms with Gasteiger partial charge < -0.3 is 24.7 Å². The molecule has 0 bridgehead atoms. The molecule has 1 saturated heterocycles. The van der Waals surface area contributed by atoms with Crippen molar-refractivity contribution in [3.63, 3.8) is 0 Å². The Bertz CT molecular complexity index is 1010. The van der Waals surface area contributed by atoms with Gasteiger partial charge in [0.1, 0.15) is 30.0 Å². The average molecular weight is 429 g/mol. The molecule has 1 aliphatic rings. The highest BCUT2D eigenvalue weighted by molar-refractivity contribution is 6.03. The third kappa shape index (κ3) is 5.83. The Morgan fingerprint density at radius 1 is 1.23 bits per heavy atom.